The van der Waals surface area contributed by atoms with Crippen molar-refractivity contribution in [1.29, 1.82) is 0 Å². The van der Waals surface area contributed by atoms with Gasteiger partial charge in [0.25, 0.3) is 0 Å². The van der Waals surface area contributed by atoms with E-state index in [0.717, 1.165) is 12.0 Å². The van der Waals surface area contributed by atoms with Crippen molar-refractivity contribution in [3.63, 3.8) is 0 Å². The van der Waals surface area contributed by atoms with E-state index in [1.54, 1.807) is 7.11 Å². The minimum Gasteiger partial charge on any atom is -0.493 e. The molecule has 0 spiro atoms. The minimum atomic E-state index is -0.00919. The van der Waals surface area contributed by atoms with Gasteiger partial charge in [-0.2, -0.15) is 0 Å². The monoisotopic (exact) mass is 225 g/mol. The molecular formula is C12H19NO3. The summed E-state index contributed by atoms with van der Waals surface area (Å²) < 4.78 is 10.5. The van der Waals surface area contributed by atoms with E-state index in [1.807, 2.05) is 25.1 Å². The van der Waals surface area contributed by atoms with E-state index in [1.165, 1.54) is 0 Å². The molecule has 4 nitrogen and oxygen atoms in total. The molecule has 1 rings (SSSR count). The van der Waals surface area contributed by atoms with Crippen LogP contribution in [-0.2, 0) is 6.42 Å². The van der Waals surface area contributed by atoms with Crippen molar-refractivity contribution >= 4 is 0 Å². The van der Waals surface area contributed by atoms with Gasteiger partial charge >= 0.3 is 0 Å². The Bertz CT molecular complexity index is 326. The number of nitrogens with two attached hydrogens (primary N) is 1. The molecule has 1 aromatic carbocycles. The Labute approximate surface area is 96.0 Å². The number of methoxy groups -OCH3 is 1. The van der Waals surface area contributed by atoms with Crippen molar-refractivity contribution in [2.75, 3.05) is 20.3 Å². The highest BCUT2D eigenvalue weighted by Gasteiger charge is 2.06. The van der Waals surface area contributed by atoms with Crippen molar-refractivity contribution in [1.82, 2.24) is 0 Å². The number of ether oxygens (including phenoxy) is 2. The largest absolute Gasteiger partial charge is 0.493 e. The fourth-order valence-electron chi connectivity index (χ4n) is 1.49. The lowest BCUT2D eigenvalue weighted by atomic mass is 10.1. The molecule has 0 aliphatic carbocycles. The van der Waals surface area contributed by atoms with Crippen molar-refractivity contribution in [3.8, 4) is 11.5 Å². The zero-order chi connectivity index (χ0) is 12.0. The fraction of sp³-hybridized carbons (Fsp3) is 0.500. The molecule has 3 N–H and O–H groups in total. The van der Waals surface area contributed by atoms with Gasteiger partial charge in [0.1, 0.15) is 6.61 Å². The van der Waals surface area contributed by atoms with Gasteiger partial charge in [-0.15, -0.1) is 0 Å². The normalized spacial score (nSPS) is 12.2. The van der Waals surface area contributed by atoms with Crippen molar-refractivity contribution < 1.29 is 14.6 Å². The standard InChI is InChI=1S/C12H19NO3/c1-9(13)7-10-3-4-11(16-6-5-14)12(8-10)15-2/h3-4,8-9,14H,5-7,13H2,1-2H3. The van der Waals surface area contributed by atoms with Crippen LogP contribution in [0.5, 0.6) is 11.5 Å². The average Bonchev–Trinajstić information content (AvgIpc) is 2.26. The Hall–Kier alpha value is -1.26. The summed E-state index contributed by atoms with van der Waals surface area (Å²) in [6.45, 7) is 2.22. The first-order valence-electron chi connectivity index (χ1n) is 5.33. The lowest BCUT2D eigenvalue weighted by Gasteiger charge is -2.12. The quantitative estimate of drug-likeness (QED) is 0.756. The SMILES string of the molecule is COc1cc(CC(C)N)ccc1OCCO. The molecule has 0 fully saturated rings. The van der Waals surface area contributed by atoms with Gasteiger partial charge in [0.05, 0.1) is 13.7 Å². The maximum atomic E-state index is 8.68. The van der Waals surface area contributed by atoms with E-state index in [-0.39, 0.29) is 19.3 Å². The average molecular weight is 225 g/mol. The molecule has 4 heteroatoms. The van der Waals surface area contributed by atoms with Crippen LogP contribution in [0.25, 0.3) is 0 Å². The third kappa shape index (κ3) is 3.72. The molecule has 1 atom stereocenters. The molecule has 0 saturated heterocycles. The van der Waals surface area contributed by atoms with E-state index in [2.05, 4.69) is 0 Å². The van der Waals surface area contributed by atoms with Crippen LogP contribution in [0.1, 0.15) is 12.5 Å². The molecule has 90 valence electrons. The number of hydrogen-bond donors (Lipinski definition) is 2. The van der Waals surface area contributed by atoms with E-state index < -0.39 is 0 Å². The lowest BCUT2D eigenvalue weighted by Crippen LogP contribution is -2.17. The molecular weight excluding hydrogens is 206 g/mol. The highest BCUT2D eigenvalue weighted by molar-refractivity contribution is 5.43. The molecule has 1 unspecified atom stereocenters. The maximum absolute atomic E-state index is 8.68. The Kier molecular flexibility index (Phi) is 5.08. The zero-order valence-corrected chi connectivity index (χ0v) is 9.77. The van der Waals surface area contributed by atoms with E-state index in [0.29, 0.717) is 11.5 Å². The Morgan fingerprint density at radius 1 is 1.38 bits per heavy atom. The fourth-order valence-corrected chi connectivity index (χ4v) is 1.49. The third-order valence-corrected chi connectivity index (χ3v) is 2.13. The number of aliphatic hydroxyl groups excluding tert-OH is 1. The Morgan fingerprint density at radius 2 is 2.12 bits per heavy atom. The topological polar surface area (TPSA) is 64.7 Å². The third-order valence-electron chi connectivity index (χ3n) is 2.13. The molecule has 0 heterocycles. The predicted octanol–water partition coefficient (Wildman–Crippen LogP) is 0.956. The van der Waals surface area contributed by atoms with Gasteiger partial charge in [-0.1, -0.05) is 6.07 Å². The van der Waals surface area contributed by atoms with Gasteiger partial charge in [-0.25, -0.2) is 0 Å². The van der Waals surface area contributed by atoms with Gasteiger partial charge < -0.3 is 20.3 Å². The molecule has 0 aromatic heterocycles. The molecule has 0 bridgehead atoms. The van der Waals surface area contributed by atoms with Crippen LogP contribution in [-0.4, -0.2) is 31.5 Å². The molecule has 1 aromatic rings. The second-order valence-corrected chi connectivity index (χ2v) is 3.74. The molecule has 0 radical (unpaired) electrons. The molecule has 0 aliphatic heterocycles. The van der Waals surface area contributed by atoms with Gasteiger partial charge in [0, 0.05) is 6.04 Å². The zero-order valence-electron chi connectivity index (χ0n) is 9.77. The summed E-state index contributed by atoms with van der Waals surface area (Å²) >= 11 is 0. The highest BCUT2D eigenvalue weighted by Crippen LogP contribution is 2.28. The van der Waals surface area contributed by atoms with Crippen LogP contribution in [0.2, 0.25) is 0 Å². The van der Waals surface area contributed by atoms with E-state index >= 15 is 0 Å². The Balaban J connectivity index is 2.79. The van der Waals surface area contributed by atoms with Crippen molar-refractivity contribution in [3.05, 3.63) is 23.8 Å². The second kappa shape index (κ2) is 6.35. The van der Waals surface area contributed by atoms with Crippen LogP contribution >= 0.6 is 0 Å². The summed E-state index contributed by atoms with van der Waals surface area (Å²) in [6.07, 6.45) is 0.802. The summed E-state index contributed by atoms with van der Waals surface area (Å²) in [7, 11) is 1.59. The van der Waals surface area contributed by atoms with Crippen LogP contribution in [0.4, 0.5) is 0 Å². The van der Waals surface area contributed by atoms with Crippen LogP contribution in [0.15, 0.2) is 18.2 Å². The summed E-state index contributed by atoms with van der Waals surface area (Å²) in [5.41, 5.74) is 6.84. The molecule has 16 heavy (non-hydrogen) atoms. The lowest BCUT2D eigenvalue weighted by molar-refractivity contribution is 0.196. The maximum Gasteiger partial charge on any atom is 0.161 e. The molecule has 0 amide bonds. The van der Waals surface area contributed by atoms with E-state index in [4.69, 9.17) is 20.3 Å². The van der Waals surface area contributed by atoms with Crippen molar-refractivity contribution in [2.24, 2.45) is 5.73 Å². The Morgan fingerprint density at radius 3 is 2.69 bits per heavy atom. The highest BCUT2D eigenvalue weighted by atomic mass is 16.5. The van der Waals surface area contributed by atoms with E-state index in [9.17, 15) is 0 Å². The minimum absolute atomic E-state index is 0.00919. The van der Waals surface area contributed by atoms with Gasteiger partial charge in [0.2, 0.25) is 0 Å². The van der Waals surface area contributed by atoms with Crippen LogP contribution in [0, 0.1) is 0 Å². The molecule has 0 aliphatic rings. The first-order valence-corrected chi connectivity index (χ1v) is 5.33. The smallest absolute Gasteiger partial charge is 0.161 e. The summed E-state index contributed by atoms with van der Waals surface area (Å²) in [5.74, 6) is 1.32. The first-order chi connectivity index (χ1) is 7.67. The van der Waals surface area contributed by atoms with Crippen LogP contribution < -0.4 is 15.2 Å². The number of hydrogen-bond acceptors (Lipinski definition) is 4. The summed E-state index contributed by atoms with van der Waals surface area (Å²) in [4.78, 5) is 0. The number of benzene rings is 1. The first kappa shape index (κ1) is 12.8. The van der Waals surface area contributed by atoms with Gasteiger partial charge in [0.15, 0.2) is 11.5 Å². The van der Waals surface area contributed by atoms with Crippen LogP contribution in [0.3, 0.4) is 0 Å². The number of aliphatic hydroxyl groups is 1. The second-order valence-electron chi connectivity index (χ2n) is 3.74. The summed E-state index contributed by atoms with van der Waals surface area (Å²) in [5, 5.41) is 8.68. The van der Waals surface area contributed by atoms with Crippen molar-refractivity contribution in [2.45, 2.75) is 19.4 Å². The molecule has 0 saturated carbocycles. The predicted molar refractivity (Wildman–Crippen MR) is 62.9 cm³/mol. The number of rotatable bonds is 6. The van der Waals surface area contributed by atoms with Gasteiger partial charge in [-0.3, -0.25) is 0 Å². The summed E-state index contributed by atoms with van der Waals surface area (Å²) in [6, 6.07) is 5.83. The van der Waals surface area contributed by atoms with Gasteiger partial charge in [-0.05, 0) is 31.0 Å².